The second-order valence-electron chi connectivity index (χ2n) is 2.85. The molecule has 10 heteroatoms. The molecule has 8 nitrogen and oxygen atoms in total. The van der Waals surface area contributed by atoms with E-state index in [1.165, 1.54) is 6.21 Å². The van der Waals surface area contributed by atoms with Crippen molar-refractivity contribution in [2.24, 2.45) is 21.7 Å². The van der Waals surface area contributed by atoms with Crippen LogP contribution in [0.1, 0.15) is 6.42 Å². The van der Waals surface area contributed by atoms with Crippen molar-refractivity contribution in [2.75, 3.05) is 6.61 Å². The van der Waals surface area contributed by atoms with E-state index in [0.717, 1.165) is 0 Å². The van der Waals surface area contributed by atoms with Gasteiger partial charge in [0, 0.05) is 6.42 Å². The molecular weight excluding hydrogens is 264 g/mol. The zero-order valence-corrected chi connectivity index (χ0v) is 10.5. The summed E-state index contributed by atoms with van der Waals surface area (Å²) in [6, 6.07) is 0. The van der Waals surface area contributed by atoms with Crippen molar-refractivity contribution in [3.05, 3.63) is 0 Å². The number of hydrogen-bond acceptors (Lipinski definition) is 6. The zero-order chi connectivity index (χ0) is 13.3. The quantitative estimate of drug-likeness (QED) is 0.182. The number of nitrogens with two attached hydrogens (primary N) is 2. The van der Waals surface area contributed by atoms with Crippen molar-refractivity contribution < 1.29 is 10.2 Å². The number of thiocarbonyl (C=S) groups is 2. The van der Waals surface area contributed by atoms with Crippen LogP contribution < -0.4 is 22.3 Å². The Morgan fingerprint density at radius 1 is 1.29 bits per heavy atom. The lowest BCUT2D eigenvalue weighted by atomic mass is 10.2. The highest BCUT2D eigenvalue weighted by Gasteiger charge is 2.06. The highest BCUT2D eigenvalue weighted by Crippen LogP contribution is 1.92. The number of hydrazone groups is 2. The van der Waals surface area contributed by atoms with E-state index in [1.807, 2.05) is 0 Å². The maximum absolute atomic E-state index is 9.25. The van der Waals surface area contributed by atoms with Gasteiger partial charge in [-0.2, -0.15) is 10.2 Å². The van der Waals surface area contributed by atoms with Gasteiger partial charge in [0.25, 0.3) is 0 Å². The van der Waals surface area contributed by atoms with Gasteiger partial charge in [-0.25, -0.2) is 0 Å². The summed E-state index contributed by atoms with van der Waals surface area (Å²) in [5.74, 6) is 0. The van der Waals surface area contributed by atoms with Crippen LogP contribution in [0.2, 0.25) is 0 Å². The van der Waals surface area contributed by atoms with Gasteiger partial charge in [-0.05, 0) is 24.4 Å². The SMILES string of the molecule is NC(=S)NN=CC(CC(O)CO)=NNC(N)=S. The van der Waals surface area contributed by atoms with E-state index in [2.05, 4.69) is 45.5 Å². The Bertz CT molecular complexity index is 332. The van der Waals surface area contributed by atoms with Crippen LogP contribution >= 0.6 is 24.4 Å². The van der Waals surface area contributed by atoms with Crippen LogP contribution in [0.5, 0.6) is 0 Å². The monoisotopic (exact) mass is 278 g/mol. The average Bonchev–Trinajstić information content (AvgIpc) is 2.24. The highest BCUT2D eigenvalue weighted by molar-refractivity contribution is 7.80. The Balaban J connectivity index is 4.49. The molecule has 0 rings (SSSR count). The number of rotatable bonds is 6. The predicted molar refractivity (Wildman–Crippen MR) is 73.5 cm³/mol. The van der Waals surface area contributed by atoms with Gasteiger partial charge in [0.2, 0.25) is 0 Å². The molecule has 0 heterocycles. The van der Waals surface area contributed by atoms with E-state index in [4.69, 9.17) is 16.6 Å². The molecule has 0 aliphatic heterocycles. The summed E-state index contributed by atoms with van der Waals surface area (Å²) in [6.45, 7) is -0.400. The largest absolute Gasteiger partial charge is 0.394 e. The maximum atomic E-state index is 9.25. The molecule has 0 aliphatic carbocycles. The lowest BCUT2D eigenvalue weighted by molar-refractivity contribution is 0.101. The summed E-state index contributed by atoms with van der Waals surface area (Å²) in [4.78, 5) is 0. The topological polar surface area (TPSA) is 141 Å². The fourth-order valence-electron chi connectivity index (χ4n) is 0.730. The van der Waals surface area contributed by atoms with Crippen molar-refractivity contribution in [3.63, 3.8) is 0 Å². The Hall–Kier alpha value is -1.36. The third-order valence-corrected chi connectivity index (χ3v) is 1.54. The molecule has 0 saturated heterocycles. The van der Waals surface area contributed by atoms with Gasteiger partial charge >= 0.3 is 0 Å². The first-order valence-corrected chi connectivity index (χ1v) is 5.26. The highest BCUT2D eigenvalue weighted by atomic mass is 32.1. The van der Waals surface area contributed by atoms with Crippen LogP contribution in [-0.2, 0) is 0 Å². The molecule has 0 saturated carbocycles. The third kappa shape index (κ3) is 9.56. The second kappa shape index (κ2) is 8.75. The van der Waals surface area contributed by atoms with E-state index in [1.54, 1.807) is 0 Å². The fourth-order valence-corrected chi connectivity index (χ4v) is 0.829. The van der Waals surface area contributed by atoms with Crippen LogP contribution in [0.4, 0.5) is 0 Å². The number of nitrogens with zero attached hydrogens (tertiary/aromatic N) is 2. The number of nitrogens with one attached hydrogen (secondary N) is 2. The van der Waals surface area contributed by atoms with Crippen LogP contribution in [-0.4, -0.2) is 45.1 Å². The van der Waals surface area contributed by atoms with E-state index in [0.29, 0.717) is 5.71 Å². The van der Waals surface area contributed by atoms with Crippen LogP contribution in [0.3, 0.4) is 0 Å². The molecule has 96 valence electrons. The minimum absolute atomic E-state index is 0.00869. The van der Waals surface area contributed by atoms with E-state index in [-0.39, 0.29) is 16.6 Å². The summed E-state index contributed by atoms with van der Waals surface area (Å²) < 4.78 is 0. The molecule has 0 aliphatic rings. The van der Waals surface area contributed by atoms with Crippen molar-refractivity contribution in [1.82, 2.24) is 10.9 Å². The normalized spacial score (nSPS) is 13.4. The van der Waals surface area contributed by atoms with Gasteiger partial charge in [-0.15, -0.1) is 0 Å². The van der Waals surface area contributed by atoms with Crippen molar-refractivity contribution in [3.8, 4) is 0 Å². The molecule has 17 heavy (non-hydrogen) atoms. The predicted octanol–water partition coefficient (Wildman–Crippen LogP) is -2.26. The molecule has 0 fully saturated rings. The molecule has 0 bridgehead atoms. The fraction of sp³-hybridized carbons (Fsp3) is 0.429. The van der Waals surface area contributed by atoms with Gasteiger partial charge in [0.05, 0.1) is 24.6 Å². The van der Waals surface area contributed by atoms with Crippen molar-refractivity contribution in [2.45, 2.75) is 12.5 Å². The Morgan fingerprint density at radius 3 is 2.35 bits per heavy atom. The van der Waals surface area contributed by atoms with E-state index < -0.39 is 12.7 Å². The number of aliphatic hydroxyl groups is 2. The third-order valence-electron chi connectivity index (χ3n) is 1.35. The Kier molecular flexibility index (Phi) is 8.05. The van der Waals surface area contributed by atoms with Gasteiger partial charge in [0.1, 0.15) is 0 Å². The van der Waals surface area contributed by atoms with E-state index >= 15 is 0 Å². The smallest absolute Gasteiger partial charge is 0.184 e. The number of aliphatic hydroxyl groups excluding tert-OH is 2. The molecule has 1 atom stereocenters. The molecule has 0 aromatic carbocycles. The van der Waals surface area contributed by atoms with Gasteiger partial charge in [-0.1, -0.05) is 0 Å². The Labute approximate surface area is 109 Å². The molecule has 1 unspecified atom stereocenters. The molecular formula is C7H14N6O2S2. The molecule has 8 N–H and O–H groups in total. The molecule has 0 spiro atoms. The molecule has 0 aromatic heterocycles. The zero-order valence-electron chi connectivity index (χ0n) is 8.83. The van der Waals surface area contributed by atoms with Crippen molar-refractivity contribution in [1.29, 1.82) is 0 Å². The minimum atomic E-state index is -0.960. The minimum Gasteiger partial charge on any atom is -0.394 e. The first-order chi connectivity index (χ1) is 7.95. The summed E-state index contributed by atoms with van der Waals surface area (Å²) >= 11 is 9.09. The second-order valence-corrected chi connectivity index (χ2v) is 3.73. The summed E-state index contributed by atoms with van der Waals surface area (Å²) in [5, 5.41) is 25.3. The lowest BCUT2D eigenvalue weighted by Gasteiger charge is -2.06. The van der Waals surface area contributed by atoms with Crippen LogP contribution in [0.25, 0.3) is 0 Å². The van der Waals surface area contributed by atoms with Gasteiger partial charge in [-0.3, -0.25) is 10.9 Å². The van der Waals surface area contributed by atoms with E-state index in [9.17, 15) is 5.11 Å². The summed E-state index contributed by atoms with van der Waals surface area (Å²) in [7, 11) is 0. The van der Waals surface area contributed by atoms with Gasteiger partial charge < -0.3 is 21.7 Å². The average molecular weight is 278 g/mol. The Morgan fingerprint density at radius 2 is 1.88 bits per heavy atom. The van der Waals surface area contributed by atoms with Crippen LogP contribution in [0.15, 0.2) is 10.2 Å². The summed E-state index contributed by atoms with van der Waals surface area (Å²) in [5.41, 5.74) is 15.3. The molecule has 0 aromatic rings. The van der Waals surface area contributed by atoms with Crippen molar-refractivity contribution >= 4 is 46.6 Å². The standard InChI is InChI=1S/C7H14N6O2S2/c8-6(16)12-10-2-4(1-5(15)3-14)11-13-7(9)17/h2,5,14-15H,1,3H2,(H3,8,12,16)(H3,9,13,17). The molecule has 0 amide bonds. The number of hydrogen-bond donors (Lipinski definition) is 6. The maximum Gasteiger partial charge on any atom is 0.184 e. The first kappa shape index (κ1) is 15.6. The first-order valence-electron chi connectivity index (χ1n) is 4.45. The molecule has 0 radical (unpaired) electrons. The lowest BCUT2D eigenvalue weighted by Crippen LogP contribution is -2.28. The van der Waals surface area contributed by atoms with Crippen LogP contribution in [0, 0.1) is 0 Å². The van der Waals surface area contributed by atoms with Gasteiger partial charge in [0.15, 0.2) is 10.2 Å². The summed E-state index contributed by atoms with van der Waals surface area (Å²) in [6.07, 6.45) is 0.371.